The molecule has 2 aliphatic rings. The van der Waals surface area contributed by atoms with E-state index in [0.29, 0.717) is 6.61 Å². The highest BCUT2D eigenvalue weighted by molar-refractivity contribution is 6.30. The lowest BCUT2D eigenvalue weighted by Crippen LogP contribution is -2.31. The fourth-order valence-corrected chi connectivity index (χ4v) is 3.08. The monoisotopic (exact) mass is 267 g/mol. The molecule has 0 amide bonds. The molecule has 4 heteroatoms. The summed E-state index contributed by atoms with van der Waals surface area (Å²) in [5, 5.41) is 0.758. The zero-order valence-corrected chi connectivity index (χ0v) is 11.1. The van der Waals surface area contributed by atoms with Crippen molar-refractivity contribution >= 4 is 11.6 Å². The molecular formula is C14H18ClNO2. The SMILES string of the molecule is NC1CCCC1OCc1cc(Cl)cc2c1OCC2. The highest BCUT2D eigenvalue weighted by atomic mass is 35.5. The van der Waals surface area contributed by atoms with Gasteiger partial charge in [0.25, 0.3) is 0 Å². The van der Waals surface area contributed by atoms with Crippen LogP contribution in [0.25, 0.3) is 0 Å². The third kappa shape index (κ3) is 2.35. The summed E-state index contributed by atoms with van der Waals surface area (Å²) in [6.45, 7) is 1.28. The minimum Gasteiger partial charge on any atom is -0.493 e. The lowest BCUT2D eigenvalue weighted by atomic mass is 10.1. The summed E-state index contributed by atoms with van der Waals surface area (Å²) in [5.74, 6) is 0.964. The second-order valence-electron chi connectivity index (χ2n) is 5.10. The molecule has 0 saturated heterocycles. The van der Waals surface area contributed by atoms with E-state index in [1.807, 2.05) is 12.1 Å². The Morgan fingerprint density at radius 3 is 3.06 bits per heavy atom. The van der Waals surface area contributed by atoms with Crippen LogP contribution in [-0.2, 0) is 17.8 Å². The molecule has 3 rings (SSSR count). The molecule has 1 saturated carbocycles. The molecule has 1 aromatic carbocycles. The Labute approximate surface area is 112 Å². The summed E-state index contributed by atoms with van der Waals surface area (Å²) < 4.78 is 11.6. The first-order valence-electron chi connectivity index (χ1n) is 6.55. The molecule has 0 radical (unpaired) electrons. The number of halogens is 1. The van der Waals surface area contributed by atoms with Crippen molar-refractivity contribution < 1.29 is 9.47 Å². The summed E-state index contributed by atoms with van der Waals surface area (Å²) in [7, 11) is 0. The molecule has 2 atom stereocenters. The van der Waals surface area contributed by atoms with Gasteiger partial charge in [0.1, 0.15) is 5.75 Å². The molecule has 2 unspecified atom stereocenters. The van der Waals surface area contributed by atoms with Gasteiger partial charge in [-0.25, -0.2) is 0 Å². The molecule has 0 bridgehead atoms. The van der Waals surface area contributed by atoms with Crippen molar-refractivity contribution in [1.29, 1.82) is 0 Å². The Morgan fingerprint density at radius 1 is 1.39 bits per heavy atom. The number of ether oxygens (including phenoxy) is 2. The standard InChI is InChI=1S/C14H18ClNO2/c15-11-6-9-4-5-17-14(9)10(7-11)8-18-13-3-1-2-12(13)16/h6-7,12-13H,1-5,8,16H2. The van der Waals surface area contributed by atoms with Crippen LogP contribution in [0.2, 0.25) is 5.02 Å². The zero-order chi connectivity index (χ0) is 12.5. The Bertz CT molecular complexity index is 450. The molecule has 1 aliphatic heterocycles. The van der Waals surface area contributed by atoms with Crippen LogP contribution in [0.4, 0.5) is 0 Å². The van der Waals surface area contributed by atoms with Crippen molar-refractivity contribution in [1.82, 2.24) is 0 Å². The van der Waals surface area contributed by atoms with E-state index in [1.54, 1.807) is 0 Å². The first kappa shape index (κ1) is 12.3. The van der Waals surface area contributed by atoms with Gasteiger partial charge >= 0.3 is 0 Å². The normalized spacial score (nSPS) is 26.1. The molecule has 0 aromatic heterocycles. The Hall–Kier alpha value is -0.770. The number of nitrogens with two attached hydrogens (primary N) is 1. The van der Waals surface area contributed by atoms with Crippen LogP contribution in [0, 0.1) is 0 Å². The Kier molecular flexibility index (Phi) is 3.46. The first-order valence-corrected chi connectivity index (χ1v) is 6.93. The zero-order valence-electron chi connectivity index (χ0n) is 10.3. The topological polar surface area (TPSA) is 44.5 Å². The average molecular weight is 268 g/mol. The summed E-state index contributed by atoms with van der Waals surface area (Å²) in [6.07, 6.45) is 4.41. The average Bonchev–Trinajstić information content (AvgIpc) is 2.94. The maximum atomic E-state index is 6.12. The molecule has 2 N–H and O–H groups in total. The van der Waals surface area contributed by atoms with Crippen molar-refractivity contribution in [2.75, 3.05) is 6.61 Å². The van der Waals surface area contributed by atoms with Crippen LogP contribution in [0.1, 0.15) is 30.4 Å². The van der Waals surface area contributed by atoms with E-state index in [-0.39, 0.29) is 12.1 Å². The van der Waals surface area contributed by atoms with Crippen LogP contribution < -0.4 is 10.5 Å². The van der Waals surface area contributed by atoms with E-state index in [4.69, 9.17) is 26.8 Å². The highest BCUT2D eigenvalue weighted by Crippen LogP contribution is 2.34. The largest absolute Gasteiger partial charge is 0.493 e. The number of hydrogen-bond donors (Lipinski definition) is 1. The number of rotatable bonds is 3. The van der Waals surface area contributed by atoms with Crippen molar-refractivity contribution in [3.63, 3.8) is 0 Å². The molecule has 98 valence electrons. The Morgan fingerprint density at radius 2 is 2.28 bits per heavy atom. The van der Waals surface area contributed by atoms with Gasteiger partial charge in [-0.3, -0.25) is 0 Å². The quantitative estimate of drug-likeness (QED) is 0.916. The number of fused-ring (bicyclic) bond motifs is 1. The van der Waals surface area contributed by atoms with E-state index >= 15 is 0 Å². The van der Waals surface area contributed by atoms with Crippen LogP contribution in [0.3, 0.4) is 0 Å². The van der Waals surface area contributed by atoms with Crippen LogP contribution in [0.15, 0.2) is 12.1 Å². The number of benzene rings is 1. The van der Waals surface area contributed by atoms with Crippen LogP contribution in [-0.4, -0.2) is 18.8 Å². The maximum absolute atomic E-state index is 6.12. The van der Waals surface area contributed by atoms with E-state index in [9.17, 15) is 0 Å². The van der Waals surface area contributed by atoms with E-state index in [2.05, 4.69) is 0 Å². The Balaban J connectivity index is 1.73. The van der Waals surface area contributed by atoms with Crippen molar-refractivity contribution in [3.8, 4) is 5.75 Å². The molecule has 1 aliphatic carbocycles. The fraction of sp³-hybridized carbons (Fsp3) is 0.571. The molecule has 18 heavy (non-hydrogen) atoms. The molecule has 1 heterocycles. The van der Waals surface area contributed by atoms with Crippen molar-refractivity contribution in [3.05, 3.63) is 28.3 Å². The van der Waals surface area contributed by atoms with Crippen molar-refractivity contribution in [2.45, 2.75) is 44.4 Å². The molecule has 1 fully saturated rings. The minimum atomic E-state index is 0.179. The lowest BCUT2D eigenvalue weighted by molar-refractivity contribution is 0.0347. The summed E-state index contributed by atoms with van der Waals surface area (Å²) in [4.78, 5) is 0. The van der Waals surface area contributed by atoms with Gasteiger partial charge in [0.2, 0.25) is 0 Å². The van der Waals surface area contributed by atoms with Gasteiger partial charge in [-0.15, -0.1) is 0 Å². The fourth-order valence-electron chi connectivity index (χ4n) is 2.81. The molecule has 3 nitrogen and oxygen atoms in total. The maximum Gasteiger partial charge on any atom is 0.128 e. The summed E-state index contributed by atoms with van der Waals surface area (Å²) >= 11 is 6.12. The van der Waals surface area contributed by atoms with E-state index < -0.39 is 0 Å². The molecule has 1 aromatic rings. The van der Waals surface area contributed by atoms with Crippen molar-refractivity contribution in [2.24, 2.45) is 5.73 Å². The van der Waals surface area contributed by atoms with E-state index in [0.717, 1.165) is 48.6 Å². The van der Waals surface area contributed by atoms with Gasteiger partial charge in [-0.05, 0) is 37.0 Å². The van der Waals surface area contributed by atoms with Gasteiger partial charge in [0.15, 0.2) is 0 Å². The van der Waals surface area contributed by atoms with Gasteiger partial charge in [-0.2, -0.15) is 0 Å². The van der Waals surface area contributed by atoms with Gasteiger partial charge in [0, 0.05) is 23.0 Å². The number of hydrogen-bond acceptors (Lipinski definition) is 3. The summed E-state index contributed by atoms with van der Waals surface area (Å²) in [5.41, 5.74) is 8.25. The van der Waals surface area contributed by atoms with Gasteiger partial charge in [-0.1, -0.05) is 11.6 Å². The first-order chi connectivity index (χ1) is 8.74. The summed E-state index contributed by atoms with van der Waals surface area (Å²) in [6, 6.07) is 4.10. The second-order valence-corrected chi connectivity index (χ2v) is 5.53. The second kappa shape index (κ2) is 5.08. The minimum absolute atomic E-state index is 0.179. The van der Waals surface area contributed by atoms with E-state index in [1.165, 1.54) is 5.56 Å². The molecular weight excluding hydrogens is 250 g/mol. The highest BCUT2D eigenvalue weighted by Gasteiger charge is 2.25. The lowest BCUT2D eigenvalue weighted by Gasteiger charge is -2.17. The smallest absolute Gasteiger partial charge is 0.128 e. The third-order valence-electron chi connectivity index (χ3n) is 3.78. The van der Waals surface area contributed by atoms with Gasteiger partial charge in [0.05, 0.1) is 19.3 Å². The molecule has 0 spiro atoms. The predicted octanol–water partition coefficient (Wildman–Crippen LogP) is 2.67. The van der Waals surface area contributed by atoms with Crippen LogP contribution >= 0.6 is 11.6 Å². The van der Waals surface area contributed by atoms with Crippen LogP contribution in [0.5, 0.6) is 5.75 Å². The predicted molar refractivity (Wildman–Crippen MR) is 71.1 cm³/mol. The van der Waals surface area contributed by atoms with Gasteiger partial charge < -0.3 is 15.2 Å². The third-order valence-corrected chi connectivity index (χ3v) is 4.00.